The number of aryl methyl sites for hydroxylation is 1. The Morgan fingerprint density at radius 2 is 1.67 bits per heavy atom. The zero-order chi connectivity index (χ0) is 22.9. The summed E-state index contributed by atoms with van der Waals surface area (Å²) >= 11 is 1.72. The number of aromatic nitrogens is 1. The van der Waals surface area contributed by atoms with Crippen molar-refractivity contribution >= 4 is 23.5 Å². The maximum Gasteiger partial charge on any atom is 0.123 e. The molecule has 0 amide bonds. The van der Waals surface area contributed by atoms with Crippen molar-refractivity contribution < 1.29 is 5.11 Å². The zero-order valence-corrected chi connectivity index (χ0v) is 20.3. The van der Waals surface area contributed by atoms with Gasteiger partial charge in [0.1, 0.15) is 11.9 Å². The monoisotopic (exact) mass is 430 g/mol. The van der Waals surface area contributed by atoms with E-state index < -0.39 is 0 Å². The highest BCUT2D eigenvalue weighted by molar-refractivity contribution is 7.97. The number of aliphatic hydroxyl groups excluding tert-OH is 1. The summed E-state index contributed by atoms with van der Waals surface area (Å²) in [6.07, 6.45) is 1.83. The third-order valence-corrected chi connectivity index (χ3v) is 5.06. The minimum absolute atomic E-state index is 0.195. The molecule has 3 rings (SSSR count). The van der Waals surface area contributed by atoms with Crippen molar-refractivity contribution in [2.45, 2.75) is 52.5 Å². The number of nitrogen functional groups attached to an aromatic ring is 1. The summed E-state index contributed by atoms with van der Waals surface area (Å²) in [4.78, 5) is 7.67. The molecule has 0 aliphatic carbocycles. The third-order valence-electron chi connectivity index (χ3n) is 4.01. The van der Waals surface area contributed by atoms with Crippen molar-refractivity contribution in [2.24, 2.45) is 0 Å². The molecule has 0 spiro atoms. The first-order valence-corrected chi connectivity index (χ1v) is 11.3. The van der Waals surface area contributed by atoms with E-state index in [0.717, 1.165) is 31.6 Å². The van der Waals surface area contributed by atoms with Crippen LogP contribution in [0.2, 0.25) is 0 Å². The minimum Gasteiger partial charge on any atom is -0.400 e. The Balaban J connectivity index is 0.00000129. The second-order valence-corrected chi connectivity index (χ2v) is 7.01. The van der Waals surface area contributed by atoms with E-state index >= 15 is 0 Å². The molecule has 166 valence electrons. The van der Waals surface area contributed by atoms with E-state index in [2.05, 4.69) is 57.2 Å². The molecule has 1 atom stereocenters. The van der Waals surface area contributed by atoms with E-state index in [0.29, 0.717) is 5.82 Å². The zero-order valence-electron chi connectivity index (χ0n) is 19.5. The quantitative estimate of drug-likeness (QED) is 0.536. The van der Waals surface area contributed by atoms with E-state index in [1.54, 1.807) is 11.9 Å². The maximum absolute atomic E-state index is 7.00. The van der Waals surface area contributed by atoms with Gasteiger partial charge in [0.05, 0.1) is 0 Å². The molecule has 1 unspecified atom stereocenters. The number of anilines is 2. The predicted octanol–water partition coefficient (Wildman–Crippen LogP) is 4.85. The van der Waals surface area contributed by atoms with Crippen molar-refractivity contribution in [2.75, 3.05) is 37.4 Å². The number of rotatable bonds is 3. The van der Waals surface area contributed by atoms with Gasteiger partial charge in [-0.25, -0.2) is 9.29 Å². The lowest BCUT2D eigenvalue weighted by molar-refractivity contribution is 0.397. The van der Waals surface area contributed by atoms with Crippen molar-refractivity contribution in [3.05, 3.63) is 48.2 Å². The molecule has 0 radical (unpaired) electrons. The van der Waals surface area contributed by atoms with Crippen LogP contribution < -0.4 is 10.6 Å². The second-order valence-electron chi connectivity index (χ2n) is 5.84. The van der Waals surface area contributed by atoms with Crippen molar-refractivity contribution in [3.8, 4) is 11.8 Å². The molecule has 1 aliphatic heterocycles. The molecule has 2 heterocycles. The molecule has 1 aliphatic rings. The van der Waals surface area contributed by atoms with Gasteiger partial charge in [-0.2, -0.15) is 0 Å². The highest BCUT2D eigenvalue weighted by Crippen LogP contribution is 2.28. The summed E-state index contributed by atoms with van der Waals surface area (Å²) < 4.78 is 2.35. The van der Waals surface area contributed by atoms with Gasteiger partial charge in [-0.05, 0) is 50.1 Å². The molecule has 3 N–H and O–H groups in total. The Kier molecular flexibility index (Phi) is 15.4. The number of nitrogens with zero attached hydrogens (tertiary/aromatic N) is 3. The smallest absolute Gasteiger partial charge is 0.123 e. The van der Waals surface area contributed by atoms with Crippen molar-refractivity contribution in [1.29, 1.82) is 0 Å². The van der Waals surface area contributed by atoms with E-state index in [4.69, 9.17) is 10.8 Å². The number of pyridine rings is 1. The number of aliphatic hydroxyl groups is 1. The molecule has 1 aromatic carbocycles. The van der Waals surface area contributed by atoms with Crippen molar-refractivity contribution in [3.63, 3.8) is 0 Å². The molecule has 1 saturated heterocycles. The number of nitrogens with two attached hydrogens (primary N) is 1. The summed E-state index contributed by atoms with van der Waals surface area (Å²) in [7, 11) is 1.00. The molecular formula is C24H38N4OS. The lowest BCUT2D eigenvalue weighted by atomic mass is 10.1. The largest absolute Gasteiger partial charge is 0.400 e. The third kappa shape index (κ3) is 9.08. The highest BCUT2D eigenvalue weighted by Gasteiger charge is 2.26. The molecule has 1 aromatic heterocycles. The number of benzene rings is 1. The van der Waals surface area contributed by atoms with Crippen LogP contribution >= 0.6 is 11.9 Å². The molecular weight excluding hydrogens is 392 g/mol. The van der Waals surface area contributed by atoms with Crippen LogP contribution in [0.15, 0.2) is 47.5 Å². The van der Waals surface area contributed by atoms with Gasteiger partial charge >= 0.3 is 0 Å². The second kappa shape index (κ2) is 16.6. The number of piperazine rings is 1. The van der Waals surface area contributed by atoms with E-state index in [1.165, 1.54) is 11.3 Å². The van der Waals surface area contributed by atoms with E-state index in [9.17, 15) is 0 Å². The van der Waals surface area contributed by atoms with Crippen LogP contribution in [0.25, 0.3) is 0 Å². The summed E-state index contributed by atoms with van der Waals surface area (Å²) in [5, 5.41) is 7.00. The molecule has 0 saturated carbocycles. The van der Waals surface area contributed by atoms with Gasteiger partial charge in [-0.15, -0.1) is 5.92 Å². The van der Waals surface area contributed by atoms with Gasteiger partial charge in [0.15, 0.2) is 0 Å². The van der Waals surface area contributed by atoms with Crippen LogP contribution in [0.3, 0.4) is 0 Å². The number of hydrogen-bond donors (Lipinski definition) is 2. The van der Waals surface area contributed by atoms with Gasteiger partial charge in [0.25, 0.3) is 0 Å². The summed E-state index contributed by atoms with van der Waals surface area (Å²) in [6, 6.07) is 12.7. The summed E-state index contributed by atoms with van der Waals surface area (Å²) in [5.41, 5.74) is 8.18. The Bertz CT molecular complexity index is 739. The van der Waals surface area contributed by atoms with Crippen LogP contribution in [0, 0.1) is 18.8 Å². The lowest BCUT2D eigenvalue weighted by Crippen LogP contribution is -2.50. The first-order valence-electron chi connectivity index (χ1n) is 10.5. The van der Waals surface area contributed by atoms with Gasteiger partial charge < -0.3 is 15.7 Å². The van der Waals surface area contributed by atoms with Gasteiger partial charge in [-0.3, -0.25) is 0 Å². The predicted molar refractivity (Wildman–Crippen MR) is 133 cm³/mol. The lowest BCUT2D eigenvalue weighted by Gasteiger charge is -2.39. The van der Waals surface area contributed by atoms with E-state index in [1.807, 2.05) is 52.9 Å². The summed E-state index contributed by atoms with van der Waals surface area (Å²) in [6.45, 7) is 14.8. The fraction of sp³-hybridized carbons (Fsp3) is 0.458. The minimum atomic E-state index is 0.195. The molecule has 0 bridgehead atoms. The maximum atomic E-state index is 7.00. The topological polar surface area (TPSA) is 65.6 Å². The Morgan fingerprint density at radius 1 is 1.03 bits per heavy atom. The Morgan fingerprint density at radius 3 is 2.20 bits per heavy atom. The molecule has 6 heteroatoms. The standard InChI is InChI=1S/C19H22N4S.2C2H6.CH4O/c1-3-4-17-14-22(24-18-9-10-19(20)21-13-18)11-12-23(17)16-7-5-15(2)6-8-16;3*1-2/h5-10,13,17H,11-12,14H2,1-2H3,(H2,20,21);2*1-2H3;2H,1H3. The first-order chi connectivity index (χ1) is 14.7. The first kappa shape index (κ1) is 27.8. The van der Waals surface area contributed by atoms with Gasteiger partial charge in [0.2, 0.25) is 0 Å². The van der Waals surface area contributed by atoms with Crippen LogP contribution in [-0.4, -0.2) is 47.2 Å². The molecule has 30 heavy (non-hydrogen) atoms. The van der Waals surface area contributed by atoms with Crippen LogP contribution in [0.1, 0.15) is 40.2 Å². The van der Waals surface area contributed by atoms with Gasteiger partial charge in [0, 0.05) is 43.5 Å². The fourth-order valence-corrected chi connectivity index (χ4v) is 3.69. The Labute approximate surface area is 187 Å². The average Bonchev–Trinajstić information content (AvgIpc) is 2.81. The number of hydrogen-bond acceptors (Lipinski definition) is 6. The van der Waals surface area contributed by atoms with Crippen LogP contribution in [0.5, 0.6) is 0 Å². The van der Waals surface area contributed by atoms with Crippen LogP contribution in [-0.2, 0) is 0 Å². The normalized spacial score (nSPS) is 15.1. The van der Waals surface area contributed by atoms with Crippen LogP contribution in [0.4, 0.5) is 11.5 Å². The van der Waals surface area contributed by atoms with Crippen molar-refractivity contribution in [1.82, 2.24) is 9.29 Å². The molecule has 2 aromatic rings. The molecule has 5 nitrogen and oxygen atoms in total. The average molecular weight is 431 g/mol. The SMILES string of the molecule is CC.CC.CC#CC1CN(Sc2ccc(N)nc2)CCN1c1ccc(C)cc1.CO. The fourth-order valence-electron chi connectivity index (χ4n) is 2.77. The highest BCUT2D eigenvalue weighted by atomic mass is 32.2. The Hall–Kier alpha value is -2.20. The van der Waals surface area contributed by atoms with E-state index in [-0.39, 0.29) is 6.04 Å². The molecule has 1 fully saturated rings. The van der Waals surface area contributed by atoms with Gasteiger partial charge in [-0.1, -0.05) is 51.3 Å². The summed E-state index contributed by atoms with van der Waals surface area (Å²) in [5.74, 6) is 7.00.